The average molecular weight is 491 g/mol. The number of aromatic nitrogens is 2. The number of nitrogens with one attached hydrogen (secondary N) is 2. The second kappa shape index (κ2) is 13.4. The molecule has 1 aromatic heterocycles. The van der Waals surface area contributed by atoms with Crippen LogP contribution in [0, 0.1) is 11.3 Å². The van der Waals surface area contributed by atoms with Gasteiger partial charge in [-0.25, -0.2) is 0 Å². The van der Waals surface area contributed by atoms with Gasteiger partial charge in [0.15, 0.2) is 5.96 Å². The molecule has 1 aliphatic rings. The minimum Gasteiger partial charge on any atom is -0.382 e. The highest BCUT2D eigenvalue weighted by Gasteiger charge is 2.33. The highest BCUT2D eigenvalue weighted by atomic mass is 127. The number of ether oxygens (including phenoxy) is 1. The molecular weight excluding hydrogens is 453 g/mol. The second-order valence-electron chi connectivity index (χ2n) is 7.56. The van der Waals surface area contributed by atoms with E-state index in [1.165, 1.54) is 25.7 Å². The van der Waals surface area contributed by atoms with Gasteiger partial charge in [-0.3, -0.25) is 9.67 Å². The van der Waals surface area contributed by atoms with Crippen molar-refractivity contribution in [1.82, 2.24) is 20.4 Å². The molecule has 156 valence electrons. The average Bonchev–Trinajstić information content (AvgIpc) is 3.30. The van der Waals surface area contributed by atoms with Crippen LogP contribution in [0.1, 0.15) is 52.9 Å². The summed E-state index contributed by atoms with van der Waals surface area (Å²) in [5, 5.41) is 11.2. The lowest BCUT2D eigenvalue weighted by Crippen LogP contribution is -2.41. The molecule has 6 nitrogen and oxygen atoms in total. The maximum absolute atomic E-state index is 5.62. The molecule has 2 rings (SSSR count). The molecule has 2 N–H and O–H groups in total. The van der Waals surface area contributed by atoms with E-state index in [9.17, 15) is 0 Å². The quantitative estimate of drug-likeness (QED) is 0.215. The zero-order valence-corrected chi connectivity index (χ0v) is 19.6. The van der Waals surface area contributed by atoms with Crippen molar-refractivity contribution in [3.05, 3.63) is 18.5 Å². The minimum absolute atomic E-state index is 0. The Labute approximate surface area is 181 Å². The minimum atomic E-state index is 0. The Hall–Kier alpha value is -0.830. The Balaban J connectivity index is 0.00000364. The summed E-state index contributed by atoms with van der Waals surface area (Å²) in [6.07, 6.45) is 10.2. The van der Waals surface area contributed by atoms with Gasteiger partial charge in [0.2, 0.25) is 0 Å². The molecule has 0 amide bonds. The van der Waals surface area contributed by atoms with Gasteiger partial charge in [-0.05, 0) is 50.5 Å². The van der Waals surface area contributed by atoms with E-state index in [0.29, 0.717) is 11.3 Å². The molecule has 1 aromatic rings. The highest BCUT2D eigenvalue weighted by Crippen LogP contribution is 2.41. The summed E-state index contributed by atoms with van der Waals surface area (Å²) >= 11 is 0. The van der Waals surface area contributed by atoms with Crippen molar-refractivity contribution < 1.29 is 4.74 Å². The Bertz CT molecular complexity index is 514. The third kappa shape index (κ3) is 8.81. The summed E-state index contributed by atoms with van der Waals surface area (Å²) in [4.78, 5) is 4.93. The summed E-state index contributed by atoms with van der Waals surface area (Å²) in [5.74, 6) is 1.42. The van der Waals surface area contributed by atoms with Gasteiger partial charge in [0.1, 0.15) is 0 Å². The van der Waals surface area contributed by atoms with Crippen molar-refractivity contribution in [3.63, 3.8) is 0 Å². The summed E-state index contributed by atoms with van der Waals surface area (Å²) in [6, 6.07) is 1.97. The standard InChI is InChI=1S/C20H37N5O.HI/c1-4-21-19(22-15-18(3)16-25-13-8-12-24-25)23-17-20(9-6-7-10-20)11-14-26-5-2;/h8,12-13,18H,4-7,9-11,14-17H2,1-3H3,(H2,21,22,23);1H. The first-order valence-electron chi connectivity index (χ1n) is 10.2. The van der Waals surface area contributed by atoms with Gasteiger partial charge in [-0.15, -0.1) is 24.0 Å². The zero-order chi connectivity index (χ0) is 18.7. The largest absolute Gasteiger partial charge is 0.382 e. The van der Waals surface area contributed by atoms with Gasteiger partial charge in [0.05, 0.1) is 0 Å². The zero-order valence-electron chi connectivity index (χ0n) is 17.2. The van der Waals surface area contributed by atoms with Crippen LogP contribution in [0.15, 0.2) is 23.5 Å². The smallest absolute Gasteiger partial charge is 0.191 e. The van der Waals surface area contributed by atoms with Crippen molar-refractivity contribution in [3.8, 4) is 0 Å². The van der Waals surface area contributed by atoms with E-state index in [2.05, 4.69) is 36.5 Å². The molecule has 1 unspecified atom stereocenters. The molecule has 1 fully saturated rings. The molecule has 1 aliphatic carbocycles. The predicted molar refractivity (Wildman–Crippen MR) is 123 cm³/mol. The highest BCUT2D eigenvalue weighted by molar-refractivity contribution is 14.0. The van der Waals surface area contributed by atoms with Crippen LogP contribution < -0.4 is 10.6 Å². The van der Waals surface area contributed by atoms with Gasteiger partial charge in [-0.1, -0.05) is 19.8 Å². The van der Waals surface area contributed by atoms with Crippen molar-refractivity contribution in [2.75, 3.05) is 32.8 Å². The molecule has 0 aliphatic heterocycles. The Morgan fingerprint density at radius 3 is 2.70 bits per heavy atom. The van der Waals surface area contributed by atoms with Crippen molar-refractivity contribution >= 4 is 29.9 Å². The fourth-order valence-electron chi connectivity index (χ4n) is 3.70. The first-order valence-corrected chi connectivity index (χ1v) is 10.2. The molecule has 0 radical (unpaired) electrons. The van der Waals surface area contributed by atoms with Crippen molar-refractivity contribution in [2.24, 2.45) is 16.3 Å². The first-order chi connectivity index (χ1) is 12.7. The summed E-state index contributed by atoms with van der Waals surface area (Å²) in [5.41, 5.74) is 0.332. The fourth-order valence-corrected chi connectivity index (χ4v) is 3.70. The van der Waals surface area contributed by atoms with Crippen LogP contribution in [0.25, 0.3) is 0 Å². The van der Waals surface area contributed by atoms with E-state index >= 15 is 0 Å². The van der Waals surface area contributed by atoms with Crippen LogP contribution in [0.2, 0.25) is 0 Å². The lowest BCUT2D eigenvalue weighted by Gasteiger charge is -2.27. The van der Waals surface area contributed by atoms with Crippen LogP contribution in [-0.2, 0) is 11.3 Å². The third-order valence-corrected chi connectivity index (χ3v) is 5.24. The summed E-state index contributed by atoms with van der Waals surface area (Å²) in [7, 11) is 0. The third-order valence-electron chi connectivity index (χ3n) is 5.24. The van der Waals surface area contributed by atoms with E-state index in [4.69, 9.17) is 9.73 Å². The van der Waals surface area contributed by atoms with Gasteiger partial charge < -0.3 is 15.4 Å². The Morgan fingerprint density at radius 1 is 1.30 bits per heavy atom. The lowest BCUT2D eigenvalue weighted by atomic mass is 9.83. The van der Waals surface area contributed by atoms with E-state index in [0.717, 1.165) is 51.8 Å². The molecule has 7 heteroatoms. The van der Waals surface area contributed by atoms with Crippen molar-refractivity contribution in [1.29, 1.82) is 0 Å². The van der Waals surface area contributed by atoms with Gasteiger partial charge in [0.25, 0.3) is 0 Å². The molecule has 0 spiro atoms. The number of guanidine groups is 1. The van der Waals surface area contributed by atoms with Crippen LogP contribution >= 0.6 is 24.0 Å². The number of aliphatic imine (C=N–C) groups is 1. The Kier molecular flexibility index (Phi) is 12.0. The first kappa shape index (κ1) is 24.2. The predicted octanol–water partition coefficient (Wildman–Crippen LogP) is 3.68. The van der Waals surface area contributed by atoms with Gasteiger partial charge in [-0.2, -0.15) is 5.10 Å². The monoisotopic (exact) mass is 491 g/mol. The molecule has 0 saturated heterocycles. The SMILES string of the molecule is CCNC(=NCC1(CCOCC)CCCC1)NCC(C)Cn1cccn1.I. The summed E-state index contributed by atoms with van der Waals surface area (Å²) < 4.78 is 7.60. The van der Waals surface area contributed by atoms with Gasteiger partial charge >= 0.3 is 0 Å². The van der Waals surface area contributed by atoms with Gasteiger partial charge in [0, 0.05) is 51.8 Å². The van der Waals surface area contributed by atoms with Crippen LogP contribution in [0.3, 0.4) is 0 Å². The lowest BCUT2D eigenvalue weighted by molar-refractivity contribution is 0.107. The Morgan fingerprint density at radius 2 is 2.07 bits per heavy atom. The topological polar surface area (TPSA) is 63.5 Å². The molecule has 27 heavy (non-hydrogen) atoms. The molecule has 1 heterocycles. The second-order valence-corrected chi connectivity index (χ2v) is 7.56. The number of hydrogen-bond donors (Lipinski definition) is 2. The van der Waals surface area contributed by atoms with Crippen LogP contribution in [0.5, 0.6) is 0 Å². The van der Waals surface area contributed by atoms with Crippen LogP contribution in [-0.4, -0.2) is 48.6 Å². The maximum Gasteiger partial charge on any atom is 0.191 e. The van der Waals surface area contributed by atoms with E-state index < -0.39 is 0 Å². The number of halogens is 1. The maximum atomic E-state index is 5.62. The van der Waals surface area contributed by atoms with E-state index in [-0.39, 0.29) is 24.0 Å². The normalized spacial score (nSPS) is 17.4. The summed E-state index contributed by atoms with van der Waals surface area (Å²) in [6.45, 7) is 11.7. The molecule has 0 bridgehead atoms. The van der Waals surface area contributed by atoms with Crippen LogP contribution in [0.4, 0.5) is 0 Å². The van der Waals surface area contributed by atoms with E-state index in [1.54, 1.807) is 0 Å². The number of nitrogens with zero attached hydrogens (tertiary/aromatic N) is 3. The molecule has 0 aromatic carbocycles. The van der Waals surface area contributed by atoms with Crippen molar-refractivity contribution in [2.45, 2.75) is 59.4 Å². The van der Waals surface area contributed by atoms with E-state index in [1.807, 2.05) is 23.1 Å². The number of rotatable bonds is 11. The molecule has 1 saturated carbocycles. The molecular formula is C20H38IN5O. The number of hydrogen-bond acceptors (Lipinski definition) is 3. The molecule has 1 atom stereocenters. The fraction of sp³-hybridized carbons (Fsp3) is 0.800.